The number of nitrogens with zero attached hydrogens (tertiary/aromatic N) is 2. The topological polar surface area (TPSA) is 69.4 Å². The number of hydrogen-bond donors (Lipinski definition) is 1. The summed E-state index contributed by atoms with van der Waals surface area (Å²) in [7, 11) is 3.32. The minimum atomic E-state index is 0.593. The maximum Gasteiger partial charge on any atom is 0.206 e. The van der Waals surface area contributed by atoms with Crippen molar-refractivity contribution in [3.05, 3.63) is 47.9 Å². The van der Waals surface area contributed by atoms with Crippen LogP contribution in [0.4, 0.5) is 5.13 Å². The Hall–Kier alpha value is -2.19. The van der Waals surface area contributed by atoms with Gasteiger partial charge >= 0.3 is 0 Å². The van der Waals surface area contributed by atoms with Crippen LogP contribution in [0.25, 0.3) is 0 Å². The van der Waals surface area contributed by atoms with Crippen molar-refractivity contribution in [3.63, 3.8) is 0 Å². The zero-order valence-corrected chi connectivity index (χ0v) is 14.9. The van der Waals surface area contributed by atoms with E-state index in [1.807, 2.05) is 30.3 Å². The molecule has 0 aliphatic rings. The molecule has 0 spiro atoms. The number of aromatic nitrogens is 2. The molecule has 3 rings (SSSR count). The number of rotatable bonds is 8. The van der Waals surface area contributed by atoms with E-state index in [9.17, 15) is 0 Å². The van der Waals surface area contributed by atoms with Crippen molar-refractivity contribution in [3.8, 4) is 11.5 Å². The number of ether oxygens (including phenoxy) is 2. The second-order valence-electron chi connectivity index (χ2n) is 4.77. The molecule has 0 unspecified atom stereocenters. The molecule has 0 aliphatic carbocycles. The minimum absolute atomic E-state index is 0.593. The van der Waals surface area contributed by atoms with E-state index in [0.29, 0.717) is 6.54 Å². The van der Waals surface area contributed by atoms with Crippen molar-refractivity contribution in [2.24, 2.45) is 0 Å². The first kappa shape index (κ1) is 16.7. The molecule has 8 heteroatoms. The van der Waals surface area contributed by atoms with Crippen molar-refractivity contribution in [2.75, 3.05) is 19.5 Å². The summed E-state index contributed by atoms with van der Waals surface area (Å²) in [4.78, 5) is 0. The lowest BCUT2D eigenvalue weighted by atomic mass is 10.2. The molecule has 3 aromatic rings. The van der Waals surface area contributed by atoms with Crippen LogP contribution in [0.1, 0.15) is 11.3 Å². The zero-order chi connectivity index (χ0) is 16.8. The molecule has 0 saturated carbocycles. The summed E-state index contributed by atoms with van der Waals surface area (Å²) < 4.78 is 16.8. The molecular formula is C16H17N3O3S2. The highest BCUT2D eigenvalue weighted by Gasteiger charge is 2.09. The summed E-state index contributed by atoms with van der Waals surface area (Å²) in [6.07, 6.45) is 1.65. The highest BCUT2D eigenvalue weighted by Crippen LogP contribution is 2.33. The third kappa shape index (κ3) is 4.21. The fourth-order valence-corrected chi connectivity index (χ4v) is 3.78. The van der Waals surface area contributed by atoms with Gasteiger partial charge in [0, 0.05) is 11.3 Å². The van der Waals surface area contributed by atoms with Crippen LogP contribution in [0.3, 0.4) is 0 Å². The van der Waals surface area contributed by atoms with Gasteiger partial charge in [0.2, 0.25) is 5.13 Å². The Kier molecular flexibility index (Phi) is 5.60. The second kappa shape index (κ2) is 8.07. The van der Waals surface area contributed by atoms with Crippen LogP contribution in [0, 0.1) is 0 Å². The molecular weight excluding hydrogens is 346 g/mol. The summed E-state index contributed by atoms with van der Waals surface area (Å²) in [6, 6.07) is 9.54. The lowest BCUT2D eigenvalue weighted by molar-refractivity contribution is 0.400. The maximum absolute atomic E-state index is 5.39. The Balaban J connectivity index is 1.59. The Bertz CT molecular complexity index is 775. The summed E-state index contributed by atoms with van der Waals surface area (Å²) in [5.41, 5.74) is 1.06. The second-order valence-corrected chi connectivity index (χ2v) is 6.97. The number of benzene rings is 1. The highest BCUT2D eigenvalue weighted by atomic mass is 32.2. The average molecular weight is 363 g/mol. The Labute approximate surface area is 148 Å². The van der Waals surface area contributed by atoms with E-state index in [2.05, 4.69) is 15.5 Å². The van der Waals surface area contributed by atoms with Gasteiger partial charge in [-0.25, -0.2) is 0 Å². The van der Waals surface area contributed by atoms with Gasteiger partial charge in [0.05, 0.1) is 27.0 Å². The number of furan rings is 1. The molecule has 6 nitrogen and oxygen atoms in total. The zero-order valence-electron chi connectivity index (χ0n) is 13.3. The van der Waals surface area contributed by atoms with Gasteiger partial charge in [-0.05, 0) is 30.3 Å². The monoisotopic (exact) mass is 363 g/mol. The van der Waals surface area contributed by atoms with Gasteiger partial charge in [0.15, 0.2) is 4.34 Å². The molecule has 0 bridgehead atoms. The van der Waals surface area contributed by atoms with Crippen LogP contribution in [0.5, 0.6) is 11.5 Å². The first-order valence-electron chi connectivity index (χ1n) is 7.22. The van der Waals surface area contributed by atoms with Gasteiger partial charge < -0.3 is 19.2 Å². The molecule has 0 fully saturated rings. The number of hydrogen-bond acceptors (Lipinski definition) is 8. The lowest BCUT2D eigenvalue weighted by Crippen LogP contribution is -1.96. The number of methoxy groups -OCH3 is 2. The maximum atomic E-state index is 5.39. The molecule has 0 radical (unpaired) electrons. The molecule has 1 aromatic carbocycles. The fraction of sp³-hybridized carbons (Fsp3) is 0.250. The molecule has 2 aromatic heterocycles. The summed E-state index contributed by atoms with van der Waals surface area (Å²) in [6.45, 7) is 0.593. The van der Waals surface area contributed by atoms with Gasteiger partial charge in [0.1, 0.15) is 17.3 Å². The molecule has 2 heterocycles. The van der Waals surface area contributed by atoms with Crippen molar-refractivity contribution in [2.45, 2.75) is 16.6 Å². The Morgan fingerprint density at radius 3 is 2.88 bits per heavy atom. The lowest BCUT2D eigenvalue weighted by Gasteiger charge is -2.09. The van der Waals surface area contributed by atoms with Crippen LogP contribution in [-0.2, 0) is 12.3 Å². The predicted octanol–water partition coefficient (Wildman–Crippen LogP) is 4.05. The summed E-state index contributed by atoms with van der Waals surface area (Å²) in [5, 5.41) is 12.3. The van der Waals surface area contributed by atoms with Crippen LogP contribution in [0.15, 0.2) is 45.4 Å². The van der Waals surface area contributed by atoms with Gasteiger partial charge in [0.25, 0.3) is 0 Å². The Morgan fingerprint density at radius 2 is 2.12 bits per heavy atom. The quantitative estimate of drug-likeness (QED) is 0.605. The van der Waals surface area contributed by atoms with Crippen LogP contribution in [-0.4, -0.2) is 24.4 Å². The minimum Gasteiger partial charge on any atom is -0.497 e. The van der Waals surface area contributed by atoms with Crippen LogP contribution in [0.2, 0.25) is 0 Å². The van der Waals surface area contributed by atoms with E-state index in [0.717, 1.165) is 38.0 Å². The largest absolute Gasteiger partial charge is 0.497 e. The van der Waals surface area contributed by atoms with Crippen molar-refractivity contribution < 1.29 is 13.9 Å². The standard InChI is InChI=1S/C16H17N3O3S2/c1-20-12-5-6-14(21-2)11(8-12)10-23-16-19-18-15(24-16)17-9-13-4-3-7-22-13/h3-8H,9-10H2,1-2H3,(H,17,18). The van der Waals surface area contributed by atoms with Gasteiger partial charge in [-0.15, -0.1) is 10.2 Å². The predicted molar refractivity (Wildman–Crippen MR) is 95.1 cm³/mol. The van der Waals surface area contributed by atoms with E-state index < -0.39 is 0 Å². The van der Waals surface area contributed by atoms with E-state index in [4.69, 9.17) is 13.9 Å². The van der Waals surface area contributed by atoms with Crippen molar-refractivity contribution >= 4 is 28.2 Å². The summed E-state index contributed by atoms with van der Waals surface area (Å²) >= 11 is 3.13. The molecule has 0 saturated heterocycles. The molecule has 0 aliphatic heterocycles. The molecule has 0 atom stereocenters. The Morgan fingerprint density at radius 1 is 1.21 bits per heavy atom. The summed E-state index contributed by atoms with van der Waals surface area (Å²) in [5.74, 6) is 3.24. The fourth-order valence-electron chi connectivity index (χ4n) is 2.05. The normalized spacial score (nSPS) is 10.6. The van der Waals surface area contributed by atoms with Gasteiger partial charge in [-0.3, -0.25) is 0 Å². The third-order valence-electron chi connectivity index (χ3n) is 3.24. The first-order chi connectivity index (χ1) is 11.8. The molecule has 126 valence electrons. The third-order valence-corrected chi connectivity index (χ3v) is 5.30. The van der Waals surface area contributed by atoms with Gasteiger partial charge in [-0.2, -0.15) is 0 Å². The number of anilines is 1. The first-order valence-corrected chi connectivity index (χ1v) is 9.02. The van der Waals surface area contributed by atoms with E-state index in [-0.39, 0.29) is 0 Å². The highest BCUT2D eigenvalue weighted by molar-refractivity contribution is 8.00. The number of nitrogens with one attached hydrogen (secondary N) is 1. The van der Waals surface area contributed by atoms with Gasteiger partial charge in [-0.1, -0.05) is 23.1 Å². The molecule has 1 N–H and O–H groups in total. The number of thioether (sulfide) groups is 1. The van der Waals surface area contributed by atoms with Crippen LogP contribution >= 0.6 is 23.1 Å². The van der Waals surface area contributed by atoms with Crippen molar-refractivity contribution in [1.29, 1.82) is 0 Å². The molecule has 24 heavy (non-hydrogen) atoms. The SMILES string of the molecule is COc1ccc(OC)c(CSc2nnc(NCc3ccco3)s2)c1. The van der Waals surface area contributed by atoms with Crippen molar-refractivity contribution in [1.82, 2.24) is 10.2 Å². The smallest absolute Gasteiger partial charge is 0.206 e. The van der Waals surface area contributed by atoms with E-state index in [1.165, 1.54) is 11.3 Å². The van der Waals surface area contributed by atoms with Crippen LogP contribution < -0.4 is 14.8 Å². The van der Waals surface area contributed by atoms with E-state index in [1.54, 1.807) is 32.2 Å². The van der Waals surface area contributed by atoms with E-state index >= 15 is 0 Å². The average Bonchev–Trinajstić information content (AvgIpc) is 3.29. The molecule has 0 amide bonds.